The van der Waals surface area contributed by atoms with Crippen molar-refractivity contribution < 1.29 is 12.6 Å². The van der Waals surface area contributed by atoms with Crippen molar-refractivity contribution in [3.63, 3.8) is 0 Å². The number of nitrogens with two attached hydrogens (primary N) is 2. The zero-order valence-electron chi connectivity index (χ0n) is 10.0. The second-order valence-corrected chi connectivity index (χ2v) is 7.01. The maximum Gasteiger partial charge on any atom is 0.238 e. The van der Waals surface area contributed by atoms with E-state index in [-0.39, 0.29) is 4.90 Å². The minimum atomic E-state index is -3.76. The van der Waals surface area contributed by atoms with Crippen LogP contribution >= 0.6 is 0 Å². The molecular formula is C10H17N3O3S2. The molecule has 0 aliphatic carbocycles. The summed E-state index contributed by atoms with van der Waals surface area (Å²) >= 11 is 0. The van der Waals surface area contributed by atoms with Gasteiger partial charge in [0.2, 0.25) is 10.0 Å². The highest BCUT2D eigenvalue weighted by Crippen LogP contribution is 2.19. The number of nitrogen functional groups attached to an aromatic ring is 1. The first-order chi connectivity index (χ1) is 8.29. The molecule has 6 nitrogen and oxygen atoms in total. The molecule has 0 radical (unpaired) electrons. The van der Waals surface area contributed by atoms with Gasteiger partial charge in [0.15, 0.2) is 0 Å². The molecule has 5 N–H and O–H groups in total. The molecule has 0 bridgehead atoms. The van der Waals surface area contributed by atoms with Gasteiger partial charge < -0.3 is 11.1 Å². The molecule has 102 valence electrons. The van der Waals surface area contributed by atoms with E-state index in [1.165, 1.54) is 12.1 Å². The molecule has 0 aliphatic heterocycles. The normalized spacial score (nSPS) is 13.2. The van der Waals surface area contributed by atoms with Crippen molar-refractivity contribution >= 4 is 32.2 Å². The topological polar surface area (TPSA) is 115 Å². The van der Waals surface area contributed by atoms with Crippen LogP contribution in [0, 0.1) is 0 Å². The Balaban J connectivity index is 2.72. The van der Waals surface area contributed by atoms with Crippen LogP contribution in [0.4, 0.5) is 11.4 Å². The molecule has 0 saturated heterocycles. The summed E-state index contributed by atoms with van der Waals surface area (Å²) in [7, 11) is -4.59. The molecule has 1 aromatic carbocycles. The zero-order valence-corrected chi connectivity index (χ0v) is 11.7. The van der Waals surface area contributed by atoms with Crippen molar-refractivity contribution in [2.45, 2.75) is 11.3 Å². The van der Waals surface area contributed by atoms with E-state index in [0.717, 1.165) is 6.42 Å². The monoisotopic (exact) mass is 291 g/mol. The summed E-state index contributed by atoms with van der Waals surface area (Å²) in [5.74, 6) is 0.595. The molecule has 1 rings (SSSR count). The van der Waals surface area contributed by atoms with Crippen LogP contribution in [-0.2, 0) is 20.8 Å². The molecule has 0 aromatic heterocycles. The Morgan fingerprint density at radius 2 is 2.00 bits per heavy atom. The van der Waals surface area contributed by atoms with E-state index >= 15 is 0 Å². The third-order valence-electron chi connectivity index (χ3n) is 2.20. The van der Waals surface area contributed by atoms with Gasteiger partial charge in [-0.2, -0.15) is 0 Å². The van der Waals surface area contributed by atoms with Crippen LogP contribution in [-0.4, -0.2) is 31.2 Å². The average molecular weight is 291 g/mol. The SMILES string of the molecule is CS(=O)CCCNc1cc(N)cc(S(N)(=O)=O)c1. The molecule has 0 spiro atoms. The lowest BCUT2D eigenvalue weighted by molar-refractivity contribution is 0.598. The van der Waals surface area contributed by atoms with Gasteiger partial charge in [0.1, 0.15) is 0 Å². The molecule has 0 aliphatic rings. The Hall–Kier alpha value is -1.12. The highest BCUT2D eigenvalue weighted by molar-refractivity contribution is 7.89. The summed E-state index contributed by atoms with van der Waals surface area (Å²) < 4.78 is 33.3. The first-order valence-electron chi connectivity index (χ1n) is 5.26. The summed E-state index contributed by atoms with van der Waals surface area (Å²) in [5.41, 5.74) is 6.51. The summed E-state index contributed by atoms with van der Waals surface area (Å²) in [5, 5.41) is 8.06. The lowest BCUT2D eigenvalue weighted by atomic mass is 10.3. The Morgan fingerprint density at radius 1 is 1.33 bits per heavy atom. The molecule has 1 aromatic rings. The Morgan fingerprint density at radius 3 is 2.56 bits per heavy atom. The summed E-state index contributed by atoms with van der Waals surface area (Å²) in [6, 6.07) is 4.35. The van der Waals surface area contributed by atoms with Gasteiger partial charge in [0.05, 0.1) is 4.90 Å². The zero-order chi connectivity index (χ0) is 13.8. The number of hydrogen-bond acceptors (Lipinski definition) is 5. The molecule has 0 fully saturated rings. The number of benzene rings is 1. The van der Waals surface area contributed by atoms with Crippen LogP contribution in [0.2, 0.25) is 0 Å². The first kappa shape index (κ1) is 14.9. The summed E-state index contributed by atoms with van der Waals surface area (Å²) in [4.78, 5) is -0.0240. The number of sulfonamides is 1. The van der Waals surface area contributed by atoms with E-state index in [9.17, 15) is 12.6 Å². The number of rotatable bonds is 6. The van der Waals surface area contributed by atoms with Gasteiger partial charge in [-0.05, 0) is 24.6 Å². The molecule has 1 unspecified atom stereocenters. The van der Waals surface area contributed by atoms with E-state index in [0.29, 0.717) is 23.7 Å². The van der Waals surface area contributed by atoms with Crippen molar-refractivity contribution in [3.05, 3.63) is 18.2 Å². The smallest absolute Gasteiger partial charge is 0.238 e. The van der Waals surface area contributed by atoms with Gasteiger partial charge in [-0.25, -0.2) is 13.6 Å². The fourth-order valence-corrected chi connectivity index (χ4v) is 2.54. The molecule has 18 heavy (non-hydrogen) atoms. The van der Waals surface area contributed by atoms with Gasteiger partial charge in [0, 0.05) is 40.7 Å². The van der Waals surface area contributed by atoms with Gasteiger partial charge in [-0.3, -0.25) is 4.21 Å². The van der Waals surface area contributed by atoms with Crippen LogP contribution in [0.15, 0.2) is 23.1 Å². The van der Waals surface area contributed by atoms with Crippen molar-refractivity contribution in [3.8, 4) is 0 Å². The van der Waals surface area contributed by atoms with E-state index in [4.69, 9.17) is 10.9 Å². The minimum Gasteiger partial charge on any atom is -0.399 e. The number of anilines is 2. The molecular weight excluding hydrogens is 274 g/mol. The van der Waals surface area contributed by atoms with Crippen molar-refractivity contribution in [2.75, 3.05) is 29.6 Å². The second-order valence-electron chi connectivity index (χ2n) is 3.89. The summed E-state index contributed by atoms with van der Waals surface area (Å²) in [6.07, 6.45) is 2.36. The van der Waals surface area contributed by atoms with Crippen LogP contribution in [0.3, 0.4) is 0 Å². The minimum absolute atomic E-state index is 0.0240. The van der Waals surface area contributed by atoms with Crippen LogP contribution < -0.4 is 16.2 Å². The maximum absolute atomic E-state index is 11.2. The third-order valence-corrected chi connectivity index (χ3v) is 3.95. The molecule has 0 heterocycles. The third kappa shape index (κ3) is 5.03. The van der Waals surface area contributed by atoms with Crippen LogP contribution in [0.25, 0.3) is 0 Å². The second kappa shape index (κ2) is 6.17. The Labute approximate surface area is 109 Å². The van der Waals surface area contributed by atoms with Crippen molar-refractivity contribution in [1.29, 1.82) is 0 Å². The Bertz CT molecular complexity index is 543. The van der Waals surface area contributed by atoms with Gasteiger partial charge in [0.25, 0.3) is 0 Å². The molecule has 8 heteroatoms. The fourth-order valence-electron chi connectivity index (χ4n) is 1.40. The predicted molar refractivity (Wildman–Crippen MR) is 74.3 cm³/mol. The highest BCUT2D eigenvalue weighted by atomic mass is 32.2. The van der Waals surface area contributed by atoms with Crippen LogP contribution in [0.5, 0.6) is 0 Å². The van der Waals surface area contributed by atoms with E-state index < -0.39 is 20.8 Å². The van der Waals surface area contributed by atoms with E-state index in [2.05, 4.69) is 5.32 Å². The van der Waals surface area contributed by atoms with Gasteiger partial charge in [-0.1, -0.05) is 0 Å². The van der Waals surface area contributed by atoms with Gasteiger partial charge >= 0.3 is 0 Å². The predicted octanol–water partition coefficient (Wildman–Crippen LogP) is 0.0967. The quantitative estimate of drug-likeness (QED) is 0.508. The van der Waals surface area contributed by atoms with Crippen LogP contribution in [0.1, 0.15) is 6.42 Å². The van der Waals surface area contributed by atoms with Crippen molar-refractivity contribution in [1.82, 2.24) is 0 Å². The van der Waals surface area contributed by atoms with Gasteiger partial charge in [-0.15, -0.1) is 0 Å². The van der Waals surface area contributed by atoms with E-state index in [1.807, 2.05) is 0 Å². The lowest BCUT2D eigenvalue weighted by Gasteiger charge is -2.08. The van der Waals surface area contributed by atoms with E-state index in [1.54, 1.807) is 12.3 Å². The largest absolute Gasteiger partial charge is 0.399 e. The average Bonchev–Trinajstić information content (AvgIpc) is 2.22. The number of primary sulfonamides is 1. The lowest BCUT2D eigenvalue weighted by Crippen LogP contribution is -2.13. The molecule has 1 atom stereocenters. The Kier molecular flexibility index (Phi) is 5.12. The maximum atomic E-state index is 11.2. The molecule has 0 saturated carbocycles. The standard InChI is InChI=1S/C10H17N3O3S2/c1-17(14)4-2-3-13-9-5-8(11)6-10(7-9)18(12,15)16/h5-7,13H,2-4,11H2,1H3,(H2,12,15,16). The highest BCUT2D eigenvalue weighted by Gasteiger charge is 2.09. The fraction of sp³-hybridized carbons (Fsp3) is 0.400. The molecule has 0 amide bonds. The summed E-state index contributed by atoms with van der Waals surface area (Å²) in [6.45, 7) is 0.590. The first-order valence-corrected chi connectivity index (χ1v) is 8.53. The number of hydrogen-bond donors (Lipinski definition) is 3. The van der Waals surface area contributed by atoms with Crippen molar-refractivity contribution in [2.24, 2.45) is 5.14 Å². The number of nitrogens with one attached hydrogen (secondary N) is 1.